The molecular weight excluding hydrogens is 294 g/mol. The second kappa shape index (κ2) is 7.79. The summed E-state index contributed by atoms with van der Waals surface area (Å²) in [5.74, 6) is 0.839. The fraction of sp³-hybridized carbons (Fsp3) is 0.750. The van der Waals surface area contributed by atoms with Crippen LogP contribution in [-0.2, 0) is 6.42 Å². The second-order valence-corrected chi connectivity index (χ2v) is 6.64. The van der Waals surface area contributed by atoms with Gasteiger partial charge in [0.25, 0.3) is 0 Å². The summed E-state index contributed by atoms with van der Waals surface area (Å²) >= 11 is 0. The average Bonchev–Trinajstić information content (AvgIpc) is 3.21. The number of nitrogens with one attached hydrogen (secondary N) is 2. The van der Waals surface area contributed by atoms with Crippen LogP contribution in [-0.4, -0.2) is 76.5 Å². The average molecular weight is 321 g/mol. The summed E-state index contributed by atoms with van der Waals surface area (Å²) < 4.78 is 0. The summed E-state index contributed by atoms with van der Waals surface area (Å²) in [6, 6.07) is 0.288. The van der Waals surface area contributed by atoms with Gasteiger partial charge in [0.1, 0.15) is 0 Å². The smallest absolute Gasteiger partial charge is 0.317 e. The van der Waals surface area contributed by atoms with Crippen LogP contribution in [0.15, 0.2) is 12.4 Å². The summed E-state index contributed by atoms with van der Waals surface area (Å²) in [6.45, 7) is 4.32. The maximum Gasteiger partial charge on any atom is 0.317 e. The van der Waals surface area contributed by atoms with E-state index in [2.05, 4.69) is 20.4 Å². The lowest BCUT2D eigenvalue weighted by Crippen LogP contribution is -2.57. The summed E-state index contributed by atoms with van der Waals surface area (Å²) in [5.41, 5.74) is 1.10. The molecular formula is C16H27N5O2. The van der Waals surface area contributed by atoms with Crippen LogP contribution in [0.25, 0.3) is 0 Å². The Morgan fingerprint density at radius 1 is 1.43 bits per heavy atom. The monoisotopic (exact) mass is 321 g/mol. The van der Waals surface area contributed by atoms with E-state index >= 15 is 0 Å². The van der Waals surface area contributed by atoms with Crippen LogP contribution in [0.2, 0.25) is 0 Å². The number of H-pyrrole nitrogens is 1. The molecule has 7 nitrogen and oxygen atoms in total. The molecule has 1 saturated heterocycles. The quantitative estimate of drug-likeness (QED) is 0.680. The van der Waals surface area contributed by atoms with Gasteiger partial charge in [-0.2, -0.15) is 5.10 Å². The van der Waals surface area contributed by atoms with Crippen molar-refractivity contribution < 1.29 is 9.90 Å². The molecule has 2 amide bonds. The standard InChI is InChI=1S/C16H27N5O2/c22-8-4-15-12-21(7-6-20(15)11-13-1-2-13)16(23)17-5-3-14-9-18-19-10-14/h9-10,13,15,22H,1-8,11-12H2,(H,17,23)(H,18,19)/t15-/m1/s1. The highest BCUT2D eigenvalue weighted by Crippen LogP contribution is 2.31. The molecule has 128 valence electrons. The van der Waals surface area contributed by atoms with Gasteiger partial charge in [-0.3, -0.25) is 10.00 Å². The summed E-state index contributed by atoms with van der Waals surface area (Å²) in [6.07, 6.45) is 7.82. The van der Waals surface area contributed by atoms with Crippen LogP contribution in [0.1, 0.15) is 24.8 Å². The number of amides is 2. The van der Waals surface area contributed by atoms with Crippen molar-refractivity contribution in [3.63, 3.8) is 0 Å². The zero-order chi connectivity index (χ0) is 16.1. The van der Waals surface area contributed by atoms with Gasteiger partial charge >= 0.3 is 6.03 Å². The van der Waals surface area contributed by atoms with Crippen molar-refractivity contribution in [2.24, 2.45) is 5.92 Å². The van der Waals surface area contributed by atoms with Gasteiger partial charge < -0.3 is 15.3 Å². The van der Waals surface area contributed by atoms with E-state index in [1.165, 1.54) is 12.8 Å². The number of hydrogen-bond acceptors (Lipinski definition) is 4. The number of carbonyl (C=O) groups is 1. The third kappa shape index (κ3) is 4.68. The van der Waals surface area contributed by atoms with Gasteiger partial charge in [-0.05, 0) is 37.2 Å². The maximum atomic E-state index is 12.3. The summed E-state index contributed by atoms with van der Waals surface area (Å²) in [5, 5.41) is 19.0. The minimum absolute atomic E-state index is 0.00232. The molecule has 0 spiro atoms. The SMILES string of the molecule is O=C(NCCc1cn[nH]c1)N1CCN(CC2CC2)[C@H](CCO)C1. The number of piperazine rings is 1. The first kappa shape index (κ1) is 16.3. The minimum Gasteiger partial charge on any atom is -0.396 e. The molecule has 0 bridgehead atoms. The van der Waals surface area contributed by atoms with Gasteiger partial charge in [0.2, 0.25) is 0 Å². The van der Waals surface area contributed by atoms with E-state index < -0.39 is 0 Å². The van der Waals surface area contributed by atoms with Gasteiger partial charge in [-0.25, -0.2) is 4.79 Å². The third-order valence-electron chi connectivity index (χ3n) is 4.79. The number of carbonyl (C=O) groups excluding carboxylic acids is 1. The van der Waals surface area contributed by atoms with Crippen molar-refractivity contribution >= 4 is 6.03 Å². The van der Waals surface area contributed by atoms with Gasteiger partial charge in [0, 0.05) is 51.6 Å². The van der Waals surface area contributed by atoms with Crippen LogP contribution < -0.4 is 5.32 Å². The topological polar surface area (TPSA) is 84.5 Å². The van der Waals surface area contributed by atoms with Gasteiger partial charge in [0.05, 0.1) is 6.20 Å². The Kier molecular flexibility index (Phi) is 5.51. The number of aliphatic hydroxyl groups excluding tert-OH is 1. The zero-order valence-electron chi connectivity index (χ0n) is 13.6. The molecule has 1 saturated carbocycles. The van der Waals surface area contributed by atoms with Crippen molar-refractivity contribution in [3.8, 4) is 0 Å². The number of aliphatic hydroxyl groups is 1. The fourth-order valence-electron chi connectivity index (χ4n) is 3.21. The number of hydrogen-bond donors (Lipinski definition) is 3. The molecule has 1 aliphatic heterocycles. The van der Waals surface area contributed by atoms with E-state index in [9.17, 15) is 9.90 Å². The van der Waals surface area contributed by atoms with E-state index in [4.69, 9.17) is 0 Å². The van der Waals surface area contributed by atoms with Crippen LogP contribution in [0.3, 0.4) is 0 Å². The van der Waals surface area contributed by atoms with Crippen molar-refractivity contribution in [1.82, 2.24) is 25.3 Å². The molecule has 3 rings (SSSR count). The van der Waals surface area contributed by atoms with Crippen molar-refractivity contribution in [2.75, 3.05) is 39.3 Å². The van der Waals surface area contributed by atoms with E-state index in [0.29, 0.717) is 13.1 Å². The van der Waals surface area contributed by atoms with E-state index in [-0.39, 0.29) is 18.7 Å². The molecule has 1 aromatic heterocycles. The molecule has 0 radical (unpaired) electrons. The molecule has 1 aliphatic carbocycles. The summed E-state index contributed by atoms with van der Waals surface area (Å²) in [7, 11) is 0. The number of aromatic amines is 1. The van der Waals surface area contributed by atoms with Gasteiger partial charge in [-0.15, -0.1) is 0 Å². The van der Waals surface area contributed by atoms with E-state index in [1.54, 1.807) is 6.20 Å². The molecule has 2 heterocycles. The Balaban J connectivity index is 1.44. The molecule has 2 fully saturated rings. The predicted molar refractivity (Wildman–Crippen MR) is 87.1 cm³/mol. The van der Waals surface area contributed by atoms with Gasteiger partial charge in [-0.1, -0.05) is 0 Å². The molecule has 3 N–H and O–H groups in total. The Labute approximate surface area is 137 Å². The van der Waals surface area contributed by atoms with Gasteiger partial charge in [0.15, 0.2) is 0 Å². The largest absolute Gasteiger partial charge is 0.396 e. The number of aromatic nitrogens is 2. The highest BCUT2D eigenvalue weighted by atomic mass is 16.3. The fourth-order valence-corrected chi connectivity index (χ4v) is 3.21. The van der Waals surface area contributed by atoms with Crippen LogP contribution in [0.4, 0.5) is 4.79 Å². The predicted octanol–water partition coefficient (Wildman–Crippen LogP) is 0.440. The first-order valence-electron chi connectivity index (χ1n) is 8.61. The van der Waals surface area contributed by atoms with Crippen LogP contribution in [0, 0.1) is 5.92 Å². The maximum absolute atomic E-state index is 12.3. The van der Waals surface area contributed by atoms with Crippen molar-refractivity contribution in [1.29, 1.82) is 0 Å². The zero-order valence-corrected chi connectivity index (χ0v) is 13.6. The number of urea groups is 1. The van der Waals surface area contributed by atoms with E-state index in [1.807, 2.05) is 11.1 Å². The van der Waals surface area contributed by atoms with Crippen molar-refractivity contribution in [3.05, 3.63) is 18.0 Å². The molecule has 1 atom stereocenters. The number of rotatable bonds is 7. The lowest BCUT2D eigenvalue weighted by atomic mass is 10.1. The highest BCUT2D eigenvalue weighted by Gasteiger charge is 2.33. The lowest BCUT2D eigenvalue weighted by molar-refractivity contribution is 0.0704. The first-order chi connectivity index (χ1) is 11.3. The molecule has 2 aliphatic rings. The molecule has 0 aromatic carbocycles. The Bertz CT molecular complexity index is 489. The minimum atomic E-state index is 0.00232. The lowest BCUT2D eigenvalue weighted by Gasteiger charge is -2.41. The molecule has 7 heteroatoms. The number of nitrogens with zero attached hydrogens (tertiary/aromatic N) is 3. The molecule has 1 aromatic rings. The second-order valence-electron chi connectivity index (χ2n) is 6.64. The highest BCUT2D eigenvalue weighted by molar-refractivity contribution is 5.74. The normalized spacial score (nSPS) is 22.3. The molecule has 0 unspecified atom stereocenters. The third-order valence-corrected chi connectivity index (χ3v) is 4.79. The molecule has 23 heavy (non-hydrogen) atoms. The first-order valence-corrected chi connectivity index (χ1v) is 8.61. The summed E-state index contributed by atoms with van der Waals surface area (Å²) in [4.78, 5) is 16.7. The van der Waals surface area contributed by atoms with Crippen LogP contribution in [0.5, 0.6) is 0 Å². The van der Waals surface area contributed by atoms with E-state index in [0.717, 1.165) is 44.0 Å². The van der Waals surface area contributed by atoms with Crippen molar-refractivity contribution in [2.45, 2.75) is 31.7 Å². The Morgan fingerprint density at radius 2 is 2.30 bits per heavy atom. The van der Waals surface area contributed by atoms with Crippen LogP contribution >= 0.6 is 0 Å². The Hall–Kier alpha value is -1.60. The Morgan fingerprint density at radius 3 is 3.00 bits per heavy atom.